The molecule has 0 saturated heterocycles. The molecule has 0 aliphatic carbocycles. The standard InChI is InChI=1S/C38H46N2O4SSi/c1-6-8-26-45(42)40-28-30-27-33(37(41)43-7-2)39-36(29-18-12-9-13-19-29)35(30)34(40)24-25-44-46(38(3,4)5,31-20-14-10-15-21-31)32-22-16-11-17-23-32/h9-23,27,34H,6-8,24-26,28H2,1-5H3/t34-,45-/m1/s1. The van der Waals surface area contributed by atoms with Crippen LogP contribution >= 0.6 is 0 Å². The zero-order valence-electron chi connectivity index (χ0n) is 27.7. The van der Waals surface area contributed by atoms with Gasteiger partial charge in [-0.1, -0.05) is 125 Å². The van der Waals surface area contributed by atoms with E-state index in [-0.39, 0.29) is 23.4 Å². The molecule has 2 atom stereocenters. The second-order valence-electron chi connectivity index (χ2n) is 12.8. The summed E-state index contributed by atoms with van der Waals surface area (Å²) >= 11 is -1.21. The lowest BCUT2D eigenvalue weighted by atomic mass is 9.96. The van der Waals surface area contributed by atoms with Crippen molar-refractivity contribution < 1.29 is 18.5 Å². The molecule has 6 nitrogen and oxygen atoms in total. The summed E-state index contributed by atoms with van der Waals surface area (Å²) in [6.45, 7) is 12.0. The maximum absolute atomic E-state index is 13.9. The molecule has 242 valence electrons. The number of unbranched alkanes of at least 4 members (excludes halogenated alkanes) is 1. The Morgan fingerprint density at radius 3 is 2.09 bits per heavy atom. The first-order valence-corrected chi connectivity index (χ1v) is 19.6. The van der Waals surface area contributed by atoms with E-state index < -0.39 is 25.6 Å². The van der Waals surface area contributed by atoms with Gasteiger partial charge in [-0.25, -0.2) is 9.78 Å². The van der Waals surface area contributed by atoms with E-state index >= 15 is 0 Å². The number of benzene rings is 3. The number of rotatable bonds is 13. The number of carbonyl (C=O) groups excluding carboxylic acids is 1. The lowest BCUT2D eigenvalue weighted by molar-refractivity contribution is 0.0519. The number of esters is 1. The number of pyridine rings is 1. The van der Waals surface area contributed by atoms with Crippen LogP contribution in [0, 0.1) is 0 Å². The van der Waals surface area contributed by atoms with E-state index in [0.29, 0.717) is 25.3 Å². The summed E-state index contributed by atoms with van der Waals surface area (Å²) in [5.74, 6) is 0.148. The van der Waals surface area contributed by atoms with Gasteiger partial charge >= 0.3 is 5.97 Å². The molecule has 1 aliphatic rings. The Morgan fingerprint density at radius 1 is 0.957 bits per heavy atom. The normalized spacial score (nSPS) is 15.8. The average Bonchev–Trinajstić information content (AvgIpc) is 3.44. The molecule has 0 fully saturated rings. The maximum atomic E-state index is 13.9. The van der Waals surface area contributed by atoms with Gasteiger partial charge in [0, 0.05) is 29.1 Å². The molecule has 0 bridgehead atoms. The molecule has 8 heteroatoms. The van der Waals surface area contributed by atoms with E-state index in [1.807, 2.05) is 36.4 Å². The average molecular weight is 655 g/mol. The molecule has 0 spiro atoms. The predicted molar refractivity (Wildman–Crippen MR) is 190 cm³/mol. The Kier molecular flexibility index (Phi) is 11.2. The van der Waals surface area contributed by atoms with Gasteiger partial charge < -0.3 is 13.7 Å². The first-order valence-electron chi connectivity index (χ1n) is 16.4. The molecule has 1 aliphatic heterocycles. The van der Waals surface area contributed by atoms with Crippen LogP contribution < -0.4 is 10.4 Å². The number of hydrogen-bond acceptors (Lipinski definition) is 6. The van der Waals surface area contributed by atoms with Gasteiger partial charge in [0.25, 0.3) is 8.32 Å². The number of nitrogens with zero attached hydrogens (tertiary/aromatic N) is 2. The van der Waals surface area contributed by atoms with E-state index in [1.54, 1.807) is 6.92 Å². The van der Waals surface area contributed by atoms with Gasteiger partial charge in [0.15, 0.2) is 0 Å². The van der Waals surface area contributed by atoms with Crippen LogP contribution in [-0.4, -0.2) is 47.1 Å². The maximum Gasteiger partial charge on any atom is 0.356 e. The molecule has 2 heterocycles. The van der Waals surface area contributed by atoms with Crippen LogP contribution in [0.15, 0.2) is 97.1 Å². The predicted octanol–water partition coefficient (Wildman–Crippen LogP) is 7.21. The number of ether oxygens (including phenoxy) is 1. The monoisotopic (exact) mass is 654 g/mol. The molecule has 0 saturated carbocycles. The molecular formula is C38H46N2O4SSi. The smallest absolute Gasteiger partial charge is 0.356 e. The Labute approximate surface area is 278 Å². The Hall–Kier alpha value is -3.27. The van der Waals surface area contributed by atoms with E-state index in [2.05, 4.69) is 92.7 Å². The van der Waals surface area contributed by atoms with Gasteiger partial charge in [0.1, 0.15) is 11.4 Å². The summed E-state index contributed by atoms with van der Waals surface area (Å²) in [5.41, 5.74) is 3.94. The molecule has 3 aromatic carbocycles. The van der Waals surface area contributed by atoms with Crippen molar-refractivity contribution in [1.29, 1.82) is 0 Å². The highest BCUT2D eigenvalue weighted by molar-refractivity contribution is 7.89. The lowest BCUT2D eigenvalue weighted by Gasteiger charge is -2.43. The summed E-state index contributed by atoms with van der Waals surface area (Å²) in [7, 11) is -2.76. The minimum Gasteiger partial charge on any atom is -0.598 e. The topological polar surface area (TPSA) is 74.7 Å². The highest BCUT2D eigenvalue weighted by atomic mass is 32.2. The summed E-state index contributed by atoms with van der Waals surface area (Å²) in [6.07, 6.45) is 2.48. The van der Waals surface area contributed by atoms with Crippen LogP contribution in [0.2, 0.25) is 5.04 Å². The highest BCUT2D eigenvalue weighted by Gasteiger charge is 2.50. The van der Waals surface area contributed by atoms with E-state index in [0.717, 1.165) is 35.2 Å². The molecule has 1 aromatic heterocycles. The van der Waals surface area contributed by atoms with Crippen LogP contribution in [0.3, 0.4) is 0 Å². The van der Waals surface area contributed by atoms with Gasteiger partial charge in [-0.15, -0.1) is 4.31 Å². The third kappa shape index (κ3) is 7.01. The summed E-state index contributed by atoms with van der Waals surface area (Å²) < 4.78 is 28.7. The van der Waals surface area contributed by atoms with Gasteiger partial charge in [-0.05, 0) is 46.8 Å². The fraction of sp³-hybridized carbons (Fsp3) is 0.368. The van der Waals surface area contributed by atoms with E-state index in [9.17, 15) is 9.35 Å². The first-order chi connectivity index (χ1) is 22.2. The quantitative estimate of drug-likeness (QED) is 0.0862. The van der Waals surface area contributed by atoms with Gasteiger partial charge in [-0.3, -0.25) is 0 Å². The first kappa shape index (κ1) is 34.1. The van der Waals surface area contributed by atoms with E-state index in [4.69, 9.17) is 14.1 Å². The number of carbonyl (C=O) groups is 1. The molecule has 0 N–H and O–H groups in total. The molecule has 0 radical (unpaired) electrons. The Balaban J connectivity index is 1.58. The molecular weight excluding hydrogens is 609 g/mol. The van der Waals surface area contributed by atoms with Crippen LogP contribution in [-0.2, 0) is 27.1 Å². The SMILES string of the molecule is CCCC[S@@+]([O-])N1Cc2cc(C(=O)OCC)nc(-c3ccccc3)c2[C@H]1CCO[Si](c1ccccc1)(c1ccccc1)C(C)(C)C. The second kappa shape index (κ2) is 15.1. The van der Waals surface area contributed by atoms with Gasteiger partial charge in [0.2, 0.25) is 0 Å². The highest BCUT2D eigenvalue weighted by Crippen LogP contribution is 2.44. The summed E-state index contributed by atoms with van der Waals surface area (Å²) in [6, 6.07) is 32.9. The zero-order valence-corrected chi connectivity index (χ0v) is 29.5. The van der Waals surface area contributed by atoms with Gasteiger partial charge in [0.05, 0.1) is 24.9 Å². The molecule has 0 unspecified atom stereocenters. The molecule has 46 heavy (non-hydrogen) atoms. The second-order valence-corrected chi connectivity index (χ2v) is 18.6. The van der Waals surface area contributed by atoms with Crippen LogP contribution in [0.5, 0.6) is 0 Å². The zero-order chi connectivity index (χ0) is 32.7. The number of hydrogen-bond donors (Lipinski definition) is 0. The van der Waals surface area contributed by atoms with E-state index in [1.165, 1.54) is 10.4 Å². The van der Waals surface area contributed by atoms with Crippen molar-refractivity contribution in [3.63, 3.8) is 0 Å². The van der Waals surface area contributed by atoms with Crippen molar-refractivity contribution in [3.05, 3.63) is 114 Å². The fourth-order valence-corrected chi connectivity index (χ4v) is 12.8. The minimum atomic E-state index is -2.76. The summed E-state index contributed by atoms with van der Waals surface area (Å²) in [5, 5.41) is 2.31. The van der Waals surface area contributed by atoms with Crippen molar-refractivity contribution >= 4 is 36.0 Å². The Bertz CT molecular complexity index is 1540. The fourth-order valence-electron chi connectivity index (χ4n) is 6.63. The lowest BCUT2D eigenvalue weighted by Crippen LogP contribution is -2.66. The summed E-state index contributed by atoms with van der Waals surface area (Å²) in [4.78, 5) is 17.8. The molecule has 0 amide bonds. The molecule has 4 aromatic rings. The van der Waals surface area contributed by atoms with Crippen LogP contribution in [0.4, 0.5) is 0 Å². The minimum absolute atomic E-state index is 0.155. The van der Waals surface area contributed by atoms with Crippen LogP contribution in [0.25, 0.3) is 11.3 Å². The van der Waals surface area contributed by atoms with Crippen LogP contribution in [0.1, 0.15) is 81.5 Å². The number of fused-ring (bicyclic) bond motifs is 1. The largest absolute Gasteiger partial charge is 0.598 e. The van der Waals surface area contributed by atoms with Crippen molar-refractivity contribution in [1.82, 2.24) is 9.29 Å². The third-order valence-electron chi connectivity index (χ3n) is 8.74. The molecule has 5 rings (SSSR count). The third-order valence-corrected chi connectivity index (χ3v) is 15.3. The van der Waals surface area contributed by atoms with Crippen molar-refractivity contribution in [2.45, 2.75) is 71.5 Å². The Morgan fingerprint density at radius 2 is 1.54 bits per heavy atom. The van der Waals surface area contributed by atoms with Gasteiger partial charge in [-0.2, -0.15) is 0 Å². The van der Waals surface area contributed by atoms with Crippen molar-refractivity contribution in [3.8, 4) is 11.3 Å². The van der Waals surface area contributed by atoms with Crippen molar-refractivity contribution in [2.24, 2.45) is 0 Å². The number of aromatic nitrogens is 1. The van der Waals surface area contributed by atoms with Crippen molar-refractivity contribution in [2.75, 3.05) is 19.0 Å².